The minimum absolute atomic E-state index is 0.138. The van der Waals surface area contributed by atoms with Crippen molar-refractivity contribution in [2.75, 3.05) is 4.31 Å². The van der Waals surface area contributed by atoms with Crippen LogP contribution in [0, 0.1) is 0 Å². The second kappa shape index (κ2) is 5.80. The summed E-state index contributed by atoms with van der Waals surface area (Å²) < 4.78 is 33.5. The Balaban J connectivity index is 2.55. The topological polar surface area (TPSA) is 108 Å². The van der Waals surface area contributed by atoms with Gasteiger partial charge in [0.1, 0.15) is 5.00 Å². The van der Waals surface area contributed by atoms with E-state index < -0.39 is 28.0 Å². The number of nitrogens with zero attached hydrogens (tertiary/aromatic N) is 2. The first-order valence-corrected chi connectivity index (χ1v) is 8.08. The third kappa shape index (κ3) is 3.20. The molecule has 0 aliphatic rings. The Kier molecular flexibility index (Phi) is 4.26. The Morgan fingerprint density at radius 2 is 1.95 bits per heavy atom. The molecule has 0 radical (unpaired) electrons. The lowest BCUT2D eigenvalue weighted by atomic mass is 10.1. The van der Waals surface area contributed by atoms with Crippen molar-refractivity contribution in [1.29, 1.82) is 0 Å². The summed E-state index contributed by atoms with van der Waals surface area (Å²) in [6.07, 6.45) is 0. The van der Waals surface area contributed by atoms with Crippen LogP contribution in [-0.4, -0.2) is 29.0 Å². The van der Waals surface area contributed by atoms with Gasteiger partial charge in [-0.1, -0.05) is 30.3 Å². The van der Waals surface area contributed by atoms with E-state index in [9.17, 15) is 17.8 Å². The first-order valence-electron chi connectivity index (χ1n) is 5.81. The molecule has 0 aliphatic carbocycles. The van der Waals surface area contributed by atoms with E-state index in [1.807, 2.05) is 0 Å². The standard InChI is InChI=1S/C12H12N2O5S2/c1-8(9-5-3-2-4-6-9)14(21(17,18)19)11-10(12(15)16)13-7-20-11/h2-8H,1H3,(H,15,16)(H,17,18,19). The lowest BCUT2D eigenvalue weighted by Crippen LogP contribution is -2.33. The third-order valence-electron chi connectivity index (χ3n) is 2.83. The first-order chi connectivity index (χ1) is 9.82. The van der Waals surface area contributed by atoms with Crippen molar-refractivity contribution in [3.8, 4) is 0 Å². The molecular weight excluding hydrogens is 316 g/mol. The molecule has 0 saturated carbocycles. The number of carbonyl (C=O) groups is 1. The SMILES string of the molecule is CC(c1ccccc1)N(c1scnc1C(=O)O)S(=O)(=O)O. The highest BCUT2D eigenvalue weighted by molar-refractivity contribution is 7.87. The van der Waals surface area contributed by atoms with Crippen molar-refractivity contribution < 1.29 is 22.9 Å². The molecule has 0 fully saturated rings. The molecule has 2 N–H and O–H groups in total. The largest absolute Gasteiger partial charge is 0.476 e. The summed E-state index contributed by atoms with van der Waals surface area (Å²) in [5.41, 5.74) is 1.41. The van der Waals surface area contributed by atoms with Crippen LogP contribution in [0.1, 0.15) is 29.0 Å². The van der Waals surface area contributed by atoms with Crippen molar-refractivity contribution in [1.82, 2.24) is 4.98 Å². The van der Waals surface area contributed by atoms with Crippen LogP contribution in [-0.2, 0) is 10.3 Å². The summed E-state index contributed by atoms with van der Waals surface area (Å²) >= 11 is 0.831. The van der Waals surface area contributed by atoms with Crippen LogP contribution < -0.4 is 4.31 Å². The summed E-state index contributed by atoms with van der Waals surface area (Å²) in [5.74, 6) is -1.36. The number of carboxylic acids is 1. The van der Waals surface area contributed by atoms with E-state index >= 15 is 0 Å². The molecule has 1 atom stereocenters. The molecule has 1 aromatic heterocycles. The second-order valence-corrected chi connectivity index (χ2v) is 6.29. The van der Waals surface area contributed by atoms with E-state index in [0.717, 1.165) is 11.3 Å². The molecule has 112 valence electrons. The van der Waals surface area contributed by atoms with Crippen molar-refractivity contribution in [2.45, 2.75) is 13.0 Å². The Hall–Kier alpha value is -1.97. The second-order valence-electron chi connectivity index (χ2n) is 4.17. The summed E-state index contributed by atoms with van der Waals surface area (Å²) in [6, 6.07) is 7.80. The number of hydrogen-bond donors (Lipinski definition) is 2. The third-order valence-corrected chi connectivity index (χ3v) is 4.77. The van der Waals surface area contributed by atoms with Crippen LogP contribution >= 0.6 is 11.3 Å². The van der Waals surface area contributed by atoms with Gasteiger partial charge in [-0.05, 0) is 12.5 Å². The van der Waals surface area contributed by atoms with Gasteiger partial charge in [0.2, 0.25) is 0 Å². The Morgan fingerprint density at radius 1 is 1.33 bits per heavy atom. The van der Waals surface area contributed by atoms with Gasteiger partial charge in [-0.2, -0.15) is 8.42 Å². The van der Waals surface area contributed by atoms with Crippen LogP contribution in [0.5, 0.6) is 0 Å². The molecule has 2 rings (SSSR count). The highest BCUT2D eigenvalue weighted by atomic mass is 32.2. The Bertz CT molecular complexity index is 742. The van der Waals surface area contributed by atoms with E-state index in [-0.39, 0.29) is 5.00 Å². The van der Waals surface area contributed by atoms with Gasteiger partial charge in [-0.25, -0.2) is 14.1 Å². The molecule has 2 aromatic rings. The average Bonchev–Trinajstić information content (AvgIpc) is 2.87. The van der Waals surface area contributed by atoms with Crippen molar-refractivity contribution in [2.24, 2.45) is 0 Å². The van der Waals surface area contributed by atoms with Crippen molar-refractivity contribution in [3.63, 3.8) is 0 Å². The van der Waals surface area contributed by atoms with Gasteiger partial charge in [0.05, 0.1) is 11.6 Å². The van der Waals surface area contributed by atoms with Crippen molar-refractivity contribution >= 4 is 32.6 Å². The molecule has 0 spiro atoms. The number of rotatable bonds is 5. The molecule has 0 bridgehead atoms. The minimum atomic E-state index is -4.65. The fourth-order valence-corrected chi connectivity index (χ4v) is 3.89. The molecule has 1 aromatic carbocycles. The molecule has 0 saturated heterocycles. The average molecular weight is 328 g/mol. The fraction of sp³-hybridized carbons (Fsp3) is 0.167. The molecular formula is C12H12N2O5S2. The molecule has 1 heterocycles. The van der Waals surface area contributed by atoms with Crippen LogP contribution in [0.3, 0.4) is 0 Å². The zero-order valence-corrected chi connectivity index (χ0v) is 12.5. The van der Waals surface area contributed by atoms with Crippen LogP contribution in [0.2, 0.25) is 0 Å². The number of anilines is 1. The molecule has 9 heteroatoms. The Morgan fingerprint density at radius 3 is 2.48 bits per heavy atom. The van der Waals surface area contributed by atoms with Crippen molar-refractivity contribution in [3.05, 3.63) is 47.1 Å². The lowest BCUT2D eigenvalue weighted by Gasteiger charge is -2.26. The first kappa shape index (κ1) is 15.4. The monoisotopic (exact) mass is 328 g/mol. The van der Waals surface area contributed by atoms with Crippen LogP contribution in [0.25, 0.3) is 0 Å². The van der Waals surface area contributed by atoms with Gasteiger partial charge in [-0.15, -0.1) is 11.3 Å². The zero-order valence-electron chi connectivity index (χ0n) is 10.9. The maximum atomic E-state index is 11.7. The van der Waals surface area contributed by atoms with Gasteiger partial charge < -0.3 is 5.11 Å². The summed E-state index contributed by atoms with van der Waals surface area (Å²) in [6.45, 7) is 1.55. The summed E-state index contributed by atoms with van der Waals surface area (Å²) in [5, 5.41) is 8.92. The number of hydrogen-bond acceptors (Lipinski definition) is 5. The predicted molar refractivity (Wildman–Crippen MR) is 78.0 cm³/mol. The quantitative estimate of drug-likeness (QED) is 0.815. The molecule has 1 unspecified atom stereocenters. The highest BCUT2D eigenvalue weighted by Gasteiger charge is 2.32. The summed E-state index contributed by atoms with van der Waals surface area (Å²) in [4.78, 5) is 14.7. The molecule has 0 amide bonds. The number of carboxylic acid groups (broad SMARTS) is 1. The van der Waals surface area contributed by atoms with Gasteiger partial charge in [-0.3, -0.25) is 4.55 Å². The predicted octanol–water partition coefficient (Wildman–Crippen LogP) is 2.21. The Labute approximate surface area is 125 Å². The smallest absolute Gasteiger partial charge is 0.361 e. The normalized spacial score (nSPS) is 12.9. The van der Waals surface area contributed by atoms with E-state index in [4.69, 9.17) is 5.11 Å². The van der Waals surface area contributed by atoms with E-state index in [0.29, 0.717) is 9.87 Å². The molecule has 21 heavy (non-hydrogen) atoms. The van der Waals surface area contributed by atoms with Crippen LogP contribution in [0.4, 0.5) is 5.00 Å². The van der Waals surface area contributed by atoms with Gasteiger partial charge in [0.15, 0.2) is 5.69 Å². The molecule has 0 aliphatic heterocycles. The molecule has 7 nitrogen and oxygen atoms in total. The van der Waals surface area contributed by atoms with Crippen LogP contribution in [0.15, 0.2) is 35.8 Å². The highest BCUT2D eigenvalue weighted by Crippen LogP contribution is 2.34. The summed E-state index contributed by atoms with van der Waals surface area (Å²) in [7, 11) is -4.65. The maximum absolute atomic E-state index is 11.7. The van der Waals surface area contributed by atoms with Gasteiger partial charge >= 0.3 is 16.3 Å². The van der Waals surface area contributed by atoms with Gasteiger partial charge in [0, 0.05) is 0 Å². The van der Waals surface area contributed by atoms with E-state index in [2.05, 4.69) is 4.98 Å². The maximum Gasteiger partial charge on any atom is 0.361 e. The lowest BCUT2D eigenvalue weighted by molar-refractivity contribution is 0.0692. The fourth-order valence-electron chi connectivity index (χ4n) is 1.89. The van der Waals surface area contributed by atoms with E-state index in [1.54, 1.807) is 37.3 Å². The number of thiazole rings is 1. The zero-order chi connectivity index (χ0) is 15.6. The number of aromatic nitrogens is 1. The minimum Gasteiger partial charge on any atom is -0.476 e. The number of benzene rings is 1. The number of aromatic carboxylic acids is 1. The van der Waals surface area contributed by atoms with E-state index in [1.165, 1.54) is 5.51 Å². The van der Waals surface area contributed by atoms with Gasteiger partial charge in [0.25, 0.3) is 0 Å².